The molecule has 0 saturated heterocycles. The molecular weight excluding hydrogens is 490 g/mol. The van der Waals surface area contributed by atoms with E-state index in [1.807, 2.05) is 36.5 Å². The van der Waals surface area contributed by atoms with Gasteiger partial charge in [-0.1, -0.05) is 90.3 Å². The molecule has 0 bridgehead atoms. The highest BCUT2D eigenvalue weighted by Gasteiger charge is 2.22. The molecule has 3 aromatic carbocycles. The van der Waals surface area contributed by atoms with Crippen molar-refractivity contribution >= 4 is 11.0 Å². The first-order chi connectivity index (χ1) is 19.3. The molecule has 0 spiro atoms. The summed E-state index contributed by atoms with van der Waals surface area (Å²) in [5.41, 5.74) is 8.36. The number of aromatic hydroxyl groups is 1. The fraction of sp³-hybridized carbons (Fsp3) is 0.333. The number of rotatable bonds is 9. The number of benzene rings is 3. The number of hydrogen-bond acceptors (Lipinski definition) is 3. The zero-order valence-corrected chi connectivity index (χ0v) is 24.5. The van der Waals surface area contributed by atoms with Crippen LogP contribution < -0.4 is 0 Å². The summed E-state index contributed by atoms with van der Waals surface area (Å²) in [6.07, 6.45) is 6.56. The smallest absolute Gasteiger partial charge is 0.144 e. The van der Waals surface area contributed by atoms with Gasteiger partial charge in [0.05, 0.1) is 22.3 Å². The average molecular weight is 532 g/mol. The first-order valence-electron chi connectivity index (χ1n) is 14.6. The van der Waals surface area contributed by atoms with Crippen LogP contribution in [-0.4, -0.2) is 19.6 Å². The fourth-order valence-electron chi connectivity index (χ4n) is 5.51. The Morgan fingerprint density at radius 3 is 2.30 bits per heavy atom. The van der Waals surface area contributed by atoms with Crippen molar-refractivity contribution in [2.24, 2.45) is 5.92 Å². The Morgan fingerprint density at radius 1 is 0.850 bits per heavy atom. The molecular formula is C36H41N3O. The number of hydrogen-bond donors (Lipinski definition) is 1. The van der Waals surface area contributed by atoms with Gasteiger partial charge in [-0.05, 0) is 71.3 Å². The van der Waals surface area contributed by atoms with E-state index in [9.17, 15) is 5.11 Å². The molecule has 0 aliphatic rings. The summed E-state index contributed by atoms with van der Waals surface area (Å²) < 4.78 is 2.34. The third kappa shape index (κ3) is 5.67. The first kappa shape index (κ1) is 27.6. The second kappa shape index (κ2) is 11.7. The van der Waals surface area contributed by atoms with E-state index in [-0.39, 0.29) is 11.2 Å². The lowest BCUT2D eigenvalue weighted by molar-refractivity contribution is 0.396. The summed E-state index contributed by atoms with van der Waals surface area (Å²) in [5, 5.41) is 10.9. The zero-order valence-electron chi connectivity index (χ0n) is 24.5. The molecule has 206 valence electrons. The molecule has 0 amide bonds. The summed E-state index contributed by atoms with van der Waals surface area (Å²) in [6, 6.07) is 26.9. The lowest BCUT2D eigenvalue weighted by Gasteiger charge is -2.21. The van der Waals surface area contributed by atoms with Crippen molar-refractivity contribution in [2.75, 3.05) is 0 Å². The molecule has 1 atom stereocenters. The van der Waals surface area contributed by atoms with Gasteiger partial charge in [-0.25, -0.2) is 4.98 Å². The van der Waals surface area contributed by atoms with Crippen LogP contribution >= 0.6 is 0 Å². The lowest BCUT2D eigenvalue weighted by atomic mass is 9.83. The Balaban J connectivity index is 1.74. The number of nitrogens with zero attached hydrogens (tertiary/aromatic N) is 3. The van der Waals surface area contributed by atoms with Gasteiger partial charge in [0.1, 0.15) is 11.6 Å². The Kier molecular flexibility index (Phi) is 8.07. The minimum atomic E-state index is -0.0264. The van der Waals surface area contributed by atoms with Crippen molar-refractivity contribution in [1.82, 2.24) is 14.5 Å². The SMILES string of the molecule is CCCCC(CC)Cn1c(-c2ccccc2O)nc2c(-c3cc(-c4ccccn4)cc(C(C)(C)C)c3)cccc21. The van der Waals surface area contributed by atoms with Gasteiger partial charge in [0.2, 0.25) is 0 Å². The van der Waals surface area contributed by atoms with E-state index in [2.05, 4.69) is 86.6 Å². The third-order valence-electron chi connectivity index (χ3n) is 7.98. The number of imidazole rings is 1. The van der Waals surface area contributed by atoms with E-state index < -0.39 is 0 Å². The van der Waals surface area contributed by atoms with Crippen molar-refractivity contribution in [3.05, 3.63) is 90.6 Å². The van der Waals surface area contributed by atoms with Gasteiger partial charge in [0, 0.05) is 23.9 Å². The number of unbranched alkanes of at least 4 members (excludes halogenated alkanes) is 1. The second-order valence-electron chi connectivity index (χ2n) is 11.9. The van der Waals surface area contributed by atoms with Gasteiger partial charge < -0.3 is 9.67 Å². The van der Waals surface area contributed by atoms with Crippen molar-refractivity contribution < 1.29 is 5.11 Å². The van der Waals surface area contributed by atoms with Crippen molar-refractivity contribution in [2.45, 2.75) is 72.3 Å². The summed E-state index contributed by atoms with van der Waals surface area (Å²) in [4.78, 5) is 9.93. The van der Waals surface area contributed by atoms with Crippen molar-refractivity contribution in [1.29, 1.82) is 0 Å². The zero-order chi connectivity index (χ0) is 28.3. The number of phenolic OH excluding ortho intramolecular Hbond substituents is 1. The van der Waals surface area contributed by atoms with Crippen molar-refractivity contribution in [3.8, 4) is 39.5 Å². The maximum atomic E-state index is 10.9. The highest BCUT2D eigenvalue weighted by atomic mass is 16.3. The third-order valence-corrected chi connectivity index (χ3v) is 7.98. The Hall–Kier alpha value is -3.92. The van der Waals surface area contributed by atoms with Crippen molar-refractivity contribution in [3.63, 3.8) is 0 Å². The molecule has 5 rings (SSSR count). The van der Waals surface area contributed by atoms with E-state index in [1.54, 1.807) is 6.07 Å². The molecule has 0 aliphatic carbocycles. The number of aromatic nitrogens is 3. The molecule has 1 unspecified atom stereocenters. The largest absolute Gasteiger partial charge is 0.507 e. The summed E-state index contributed by atoms with van der Waals surface area (Å²) in [7, 11) is 0. The maximum absolute atomic E-state index is 10.9. The Morgan fingerprint density at radius 2 is 1.60 bits per heavy atom. The van der Waals surface area contributed by atoms with Crippen LogP contribution in [0, 0.1) is 5.92 Å². The maximum Gasteiger partial charge on any atom is 0.144 e. The fourth-order valence-corrected chi connectivity index (χ4v) is 5.51. The van der Waals surface area contributed by atoms with Crippen LogP contribution in [0.3, 0.4) is 0 Å². The highest BCUT2D eigenvalue weighted by molar-refractivity contribution is 5.95. The second-order valence-corrected chi connectivity index (χ2v) is 11.9. The Labute approximate surface area is 238 Å². The lowest BCUT2D eigenvalue weighted by Crippen LogP contribution is -2.11. The predicted molar refractivity (Wildman–Crippen MR) is 168 cm³/mol. The standard InChI is InChI=1S/C36H41N3O/c1-6-8-14-25(7-2)24-39-32-18-13-16-29(34(32)38-35(39)30-15-9-10-19-33(30)40)26-21-27(31-17-11-12-20-37-31)23-28(22-26)36(3,4)5/h9-13,15-23,25,40H,6-8,14,24H2,1-5H3. The van der Waals surface area contributed by atoms with E-state index >= 15 is 0 Å². The van der Waals surface area contributed by atoms with Crippen LogP contribution in [0.4, 0.5) is 0 Å². The number of para-hydroxylation sites is 2. The van der Waals surface area contributed by atoms with Gasteiger partial charge in [-0.2, -0.15) is 0 Å². The van der Waals surface area contributed by atoms with Crippen LogP contribution in [-0.2, 0) is 12.0 Å². The quantitative estimate of drug-likeness (QED) is 0.206. The Bertz CT molecular complexity index is 1590. The van der Waals surface area contributed by atoms with Crippen LogP contribution in [0.2, 0.25) is 0 Å². The van der Waals surface area contributed by atoms with E-state index in [0.717, 1.165) is 57.8 Å². The molecule has 0 saturated carbocycles. The van der Waals surface area contributed by atoms with Gasteiger partial charge in [0.25, 0.3) is 0 Å². The molecule has 2 heterocycles. The normalized spacial score (nSPS) is 12.6. The van der Waals surface area contributed by atoms with E-state index in [0.29, 0.717) is 5.92 Å². The minimum absolute atomic E-state index is 0.0264. The topological polar surface area (TPSA) is 50.9 Å². The number of pyridine rings is 1. The average Bonchev–Trinajstić information content (AvgIpc) is 3.33. The summed E-state index contributed by atoms with van der Waals surface area (Å²) >= 11 is 0. The number of phenols is 1. The molecule has 4 nitrogen and oxygen atoms in total. The molecule has 0 aliphatic heterocycles. The molecule has 0 radical (unpaired) electrons. The van der Waals surface area contributed by atoms with E-state index in [1.165, 1.54) is 24.8 Å². The van der Waals surface area contributed by atoms with Gasteiger partial charge in [-0.3, -0.25) is 4.98 Å². The minimum Gasteiger partial charge on any atom is -0.507 e. The highest BCUT2D eigenvalue weighted by Crippen LogP contribution is 2.39. The molecule has 5 aromatic rings. The summed E-state index contributed by atoms with van der Waals surface area (Å²) in [5.74, 6) is 1.63. The molecule has 1 N–H and O–H groups in total. The van der Waals surface area contributed by atoms with E-state index in [4.69, 9.17) is 4.98 Å². The molecule has 0 fully saturated rings. The molecule has 40 heavy (non-hydrogen) atoms. The van der Waals surface area contributed by atoms with Crippen LogP contribution in [0.5, 0.6) is 5.75 Å². The first-order valence-corrected chi connectivity index (χ1v) is 14.6. The summed E-state index contributed by atoms with van der Waals surface area (Å²) in [6.45, 7) is 12.2. The monoisotopic (exact) mass is 531 g/mol. The predicted octanol–water partition coefficient (Wildman–Crippen LogP) is 9.65. The van der Waals surface area contributed by atoms with Gasteiger partial charge >= 0.3 is 0 Å². The number of fused-ring (bicyclic) bond motifs is 1. The van der Waals surface area contributed by atoms with Crippen LogP contribution in [0.1, 0.15) is 65.9 Å². The molecule has 2 aromatic heterocycles. The molecule has 4 heteroatoms. The van der Waals surface area contributed by atoms with Crippen LogP contribution in [0.15, 0.2) is 85.1 Å². The van der Waals surface area contributed by atoms with Gasteiger partial charge in [-0.15, -0.1) is 0 Å². The van der Waals surface area contributed by atoms with Crippen LogP contribution in [0.25, 0.3) is 44.8 Å². The van der Waals surface area contributed by atoms with Gasteiger partial charge in [0.15, 0.2) is 0 Å².